The molecule has 1 aromatic rings. The summed E-state index contributed by atoms with van der Waals surface area (Å²) < 4.78 is 0. The van der Waals surface area contributed by atoms with E-state index in [0.29, 0.717) is 10.0 Å². The van der Waals surface area contributed by atoms with Crippen LogP contribution in [0.5, 0.6) is 0 Å². The first-order valence-electron chi connectivity index (χ1n) is 2.89. The zero-order valence-corrected chi connectivity index (χ0v) is 7.80. The summed E-state index contributed by atoms with van der Waals surface area (Å²) in [5, 5.41) is 3.99. The van der Waals surface area contributed by atoms with Gasteiger partial charge in [0.1, 0.15) is 0 Å². The van der Waals surface area contributed by atoms with E-state index >= 15 is 0 Å². The second-order valence-electron chi connectivity index (χ2n) is 1.89. The molecule has 0 saturated heterocycles. The number of hydrogen-bond donors (Lipinski definition) is 1. The van der Waals surface area contributed by atoms with Crippen LogP contribution in [-0.2, 0) is 0 Å². The molecule has 0 heterocycles. The molecule has 1 N–H and O–H groups in total. The van der Waals surface area contributed by atoms with Crippen LogP contribution in [0.2, 0.25) is 10.0 Å². The topological polar surface area (TPSA) is 12.0 Å². The molecule has 1 rings (SSSR count). The van der Waals surface area contributed by atoms with E-state index < -0.39 is 0 Å². The van der Waals surface area contributed by atoms with Gasteiger partial charge in [-0.3, -0.25) is 0 Å². The Kier molecular flexibility index (Phi) is 3.12. The third-order valence-corrected chi connectivity index (χ3v) is 1.81. The molecule has 0 bridgehead atoms. The molecule has 0 fully saturated rings. The van der Waals surface area contributed by atoms with Gasteiger partial charge in [-0.15, -0.1) is 0 Å². The van der Waals surface area contributed by atoms with Crippen LogP contribution in [0.15, 0.2) is 18.2 Å². The highest BCUT2D eigenvalue weighted by Crippen LogP contribution is 2.24. The van der Waals surface area contributed by atoms with E-state index in [4.69, 9.17) is 23.2 Å². The first kappa shape index (κ1) is 8.78. The van der Waals surface area contributed by atoms with Gasteiger partial charge in [-0.1, -0.05) is 35.4 Å². The van der Waals surface area contributed by atoms with Crippen molar-refractivity contribution >= 4 is 46.6 Å². The van der Waals surface area contributed by atoms with Crippen LogP contribution >= 0.6 is 35.4 Å². The number of anilines is 1. The van der Waals surface area contributed by atoms with Crippen molar-refractivity contribution in [3.8, 4) is 0 Å². The van der Waals surface area contributed by atoms with Crippen LogP contribution in [0.3, 0.4) is 0 Å². The fourth-order valence-electron chi connectivity index (χ4n) is 0.670. The molecule has 0 aliphatic rings. The molecule has 0 spiro atoms. The van der Waals surface area contributed by atoms with Crippen LogP contribution in [0, 0.1) is 0 Å². The van der Waals surface area contributed by atoms with E-state index in [2.05, 4.69) is 17.5 Å². The number of benzene rings is 1. The highest BCUT2D eigenvalue weighted by atomic mass is 35.5. The second kappa shape index (κ2) is 3.90. The normalized spacial score (nSPS) is 9.27. The average molecular weight is 206 g/mol. The molecule has 0 atom stereocenters. The van der Waals surface area contributed by atoms with Crippen molar-refractivity contribution in [3.63, 3.8) is 0 Å². The Morgan fingerprint density at radius 2 is 2.09 bits per heavy atom. The molecular formula is C7H5Cl2NS. The van der Waals surface area contributed by atoms with E-state index in [0.717, 1.165) is 5.69 Å². The fourth-order valence-corrected chi connectivity index (χ4v) is 1.26. The fraction of sp³-hybridized carbons (Fsp3) is 0. The van der Waals surface area contributed by atoms with Gasteiger partial charge < -0.3 is 5.32 Å². The standard InChI is InChI=1S/C7H5Cl2NS/c8-5-1-2-7(10-4-11)6(9)3-5/h1-4H,(H,10,11). The monoisotopic (exact) mass is 205 g/mol. The predicted octanol–water partition coefficient (Wildman–Crippen LogP) is 3.36. The first-order chi connectivity index (χ1) is 5.24. The molecule has 58 valence electrons. The third kappa shape index (κ3) is 2.33. The smallest absolute Gasteiger partial charge is 0.0659 e. The van der Waals surface area contributed by atoms with Gasteiger partial charge in [0.25, 0.3) is 0 Å². The van der Waals surface area contributed by atoms with Crippen molar-refractivity contribution < 1.29 is 0 Å². The lowest BCUT2D eigenvalue weighted by atomic mass is 10.3. The number of hydrogen-bond acceptors (Lipinski definition) is 1. The second-order valence-corrected chi connectivity index (χ2v) is 2.97. The minimum Gasteiger partial charge on any atom is -0.351 e. The molecule has 0 saturated carbocycles. The average Bonchev–Trinajstić information content (AvgIpc) is 1.95. The third-order valence-electron chi connectivity index (χ3n) is 1.15. The van der Waals surface area contributed by atoms with Gasteiger partial charge in [0.05, 0.1) is 16.2 Å². The minimum absolute atomic E-state index is 0.568. The lowest BCUT2D eigenvalue weighted by Gasteiger charge is -2.01. The Labute approximate surface area is 80.3 Å². The number of halogens is 2. The Balaban J connectivity index is 2.98. The van der Waals surface area contributed by atoms with E-state index in [1.165, 1.54) is 5.49 Å². The summed E-state index contributed by atoms with van der Waals surface area (Å²) in [5.41, 5.74) is 2.17. The molecule has 0 unspecified atom stereocenters. The summed E-state index contributed by atoms with van der Waals surface area (Å²) in [7, 11) is 0. The van der Waals surface area contributed by atoms with Crippen LogP contribution < -0.4 is 5.32 Å². The largest absolute Gasteiger partial charge is 0.351 e. The van der Waals surface area contributed by atoms with Crippen LogP contribution in [0.1, 0.15) is 0 Å². The zero-order valence-electron chi connectivity index (χ0n) is 5.47. The van der Waals surface area contributed by atoms with Crippen molar-refractivity contribution in [3.05, 3.63) is 28.2 Å². The van der Waals surface area contributed by atoms with E-state index in [1.54, 1.807) is 18.2 Å². The Morgan fingerprint density at radius 3 is 2.64 bits per heavy atom. The van der Waals surface area contributed by atoms with Gasteiger partial charge in [-0.25, -0.2) is 0 Å². The highest BCUT2D eigenvalue weighted by molar-refractivity contribution is 7.79. The zero-order chi connectivity index (χ0) is 8.27. The van der Waals surface area contributed by atoms with Gasteiger partial charge in [0, 0.05) is 5.02 Å². The molecule has 0 aliphatic heterocycles. The van der Waals surface area contributed by atoms with Gasteiger partial charge in [0.15, 0.2) is 0 Å². The Morgan fingerprint density at radius 1 is 1.36 bits per heavy atom. The van der Waals surface area contributed by atoms with Crippen molar-refractivity contribution in [2.75, 3.05) is 5.32 Å². The Bertz CT molecular complexity index is 275. The number of rotatable bonds is 2. The molecule has 0 aliphatic carbocycles. The van der Waals surface area contributed by atoms with Crippen molar-refractivity contribution in [2.45, 2.75) is 0 Å². The first-order valence-corrected chi connectivity index (χ1v) is 4.12. The van der Waals surface area contributed by atoms with Gasteiger partial charge >= 0.3 is 0 Å². The summed E-state index contributed by atoms with van der Waals surface area (Å²) in [5.74, 6) is 0. The van der Waals surface area contributed by atoms with Gasteiger partial charge in [-0.05, 0) is 18.2 Å². The van der Waals surface area contributed by atoms with Crippen LogP contribution in [0.4, 0.5) is 5.69 Å². The summed E-state index contributed by atoms with van der Waals surface area (Å²) in [6, 6.07) is 5.17. The quantitative estimate of drug-likeness (QED) is 0.744. The number of nitrogens with one attached hydrogen (secondary N) is 1. The maximum atomic E-state index is 5.80. The summed E-state index contributed by atoms with van der Waals surface area (Å²) in [6.07, 6.45) is 0. The maximum Gasteiger partial charge on any atom is 0.0659 e. The predicted molar refractivity (Wildman–Crippen MR) is 53.7 cm³/mol. The maximum absolute atomic E-state index is 5.80. The van der Waals surface area contributed by atoms with Crippen LogP contribution in [0.25, 0.3) is 0 Å². The van der Waals surface area contributed by atoms with Gasteiger partial charge in [0.2, 0.25) is 0 Å². The summed E-state index contributed by atoms with van der Waals surface area (Å²) in [6.45, 7) is 0. The molecule has 11 heavy (non-hydrogen) atoms. The lowest BCUT2D eigenvalue weighted by Crippen LogP contribution is -1.91. The molecule has 0 radical (unpaired) electrons. The molecule has 0 aromatic heterocycles. The summed E-state index contributed by atoms with van der Waals surface area (Å²) in [4.78, 5) is 0. The number of thiocarbonyl (C=S) groups is 1. The van der Waals surface area contributed by atoms with E-state index in [-0.39, 0.29) is 0 Å². The molecular weight excluding hydrogens is 201 g/mol. The summed E-state index contributed by atoms with van der Waals surface area (Å²) >= 11 is 16.1. The van der Waals surface area contributed by atoms with Gasteiger partial charge in [-0.2, -0.15) is 0 Å². The van der Waals surface area contributed by atoms with Crippen LogP contribution in [-0.4, -0.2) is 5.49 Å². The molecule has 1 nitrogen and oxygen atoms in total. The molecule has 1 aromatic carbocycles. The van der Waals surface area contributed by atoms with E-state index in [1.807, 2.05) is 0 Å². The lowest BCUT2D eigenvalue weighted by molar-refractivity contribution is 1.66. The van der Waals surface area contributed by atoms with E-state index in [9.17, 15) is 0 Å². The SMILES string of the molecule is S=CNc1ccc(Cl)cc1Cl. The molecule has 0 amide bonds. The minimum atomic E-state index is 0.568. The van der Waals surface area contributed by atoms with Crippen molar-refractivity contribution in [1.29, 1.82) is 0 Å². The van der Waals surface area contributed by atoms with Crippen molar-refractivity contribution in [1.82, 2.24) is 0 Å². The van der Waals surface area contributed by atoms with Crippen molar-refractivity contribution in [2.24, 2.45) is 0 Å². The molecule has 4 heteroatoms. The highest BCUT2D eigenvalue weighted by Gasteiger charge is 1.97. The Hall–Kier alpha value is -0.310.